The third-order valence-electron chi connectivity index (χ3n) is 5.56. The zero-order valence-electron chi connectivity index (χ0n) is 18.1. The molecule has 30 heavy (non-hydrogen) atoms. The van der Waals surface area contributed by atoms with Gasteiger partial charge < -0.3 is 9.64 Å². The monoisotopic (exact) mass is 430 g/mol. The lowest BCUT2D eigenvalue weighted by Gasteiger charge is -2.26. The summed E-state index contributed by atoms with van der Waals surface area (Å²) in [6.45, 7) is 7.42. The molecule has 1 amide bonds. The Bertz CT molecular complexity index is 1000. The van der Waals surface area contributed by atoms with E-state index in [-0.39, 0.29) is 23.8 Å². The Hall–Kier alpha value is -2.54. The van der Waals surface area contributed by atoms with E-state index in [4.69, 9.17) is 4.74 Å². The molecular weight excluding hydrogens is 400 g/mol. The Balaban J connectivity index is 1.91. The van der Waals surface area contributed by atoms with E-state index >= 15 is 0 Å². The van der Waals surface area contributed by atoms with Crippen LogP contribution in [0.1, 0.15) is 30.9 Å². The van der Waals surface area contributed by atoms with E-state index in [1.807, 2.05) is 17.9 Å². The number of likely N-dealkylation sites (tertiary alicyclic amines) is 1. The molecule has 0 radical (unpaired) electrons. The Morgan fingerprint density at radius 3 is 2.43 bits per heavy atom. The molecule has 2 aromatic rings. The van der Waals surface area contributed by atoms with Gasteiger partial charge in [0.15, 0.2) is 0 Å². The number of carbonyl (C=O) groups is 1. The van der Waals surface area contributed by atoms with Crippen LogP contribution in [0, 0.1) is 19.8 Å². The van der Waals surface area contributed by atoms with Crippen LogP contribution < -0.4 is 9.04 Å². The number of hydrogen-bond donors (Lipinski definition) is 0. The Morgan fingerprint density at radius 2 is 1.87 bits per heavy atom. The summed E-state index contributed by atoms with van der Waals surface area (Å²) in [4.78, 5) is 14.8. The van der Waals surface area contributed by atoms with Gasteiger partial charge in [-0.2, -0.15) is 0 Å². The lowest BCUT2D eigenvalue weighted by Crippen LogP contribution is -2.36. The maximum absolute atomic E-state index is 13.6. The maximum atomic E-state index is 13.6. The number of carbonyl (C=O) groups excluding carboxylic acids is 1. The van der Waals surface area contributed by atoms with E-state index in [0.29, 0.717) is 22.9 Å². The number of amides is 1. The zero-order valence-corrected chi connectivity index (χ0v) is 18.9. The molecule has 0 N–H and O–H groups in total. The summed E-state index contributed by atoms with van der Waals surface area (Å²) in [5.74, 6) is 1.13. The fourth-order valence-electron chi connectivity index (χ4n) is 3.86. The SMILES string of the molecule is COc1ccc(N(CCC(=O)N2CCC(C)C2)S(=O)(=O)c2ccc(C)cc2C)cc1. The van der Waals surface area contributed by atoms with E-state index < -0.39 is 10.0 Å². The van der Waals surface area contributed by atoms with Gasteiger partial charge in [0.25, 0.3) is 10.0 Å². The molecule has 1 unspecified atom stereocenters. The summed E-state index contributed by atoms with van der Waals surface area (Å²) >= 11 is 0. The van der Waals surface area contributed by atoms with E-state index in [1.54, 1.807) is 50.4 Å². The molecule has 1 fully saturated rings. The smallest absolute Gasteiger partial charge is 0.264 e. The minimum Gasteiger partial charge on any atom is -0.497 e. The normalized spacial score (nSPS) is 16.5. The molecule has 1 atom stereocenters. The van der Waals surface area contributed by atoms with Crippen molar-refractivity contribution >= 4 is 21.6 Å². The Kier molecular flexibility index (Phi) is 6.71. The van der Waals surface area contributed by atoms with Crippen molar-refractivity contribution in [3.8, 4) is 5.75 Å². The number of aryl methyl sites for hydroxylation is 2. The number of methoxy groups -OCH3 is 1. The van der Waals surface area contributed by atoms with Crippen LogP contribution in [-0.2, 0) is 14.8 Å². The molecule has 162 valence electrons. The molecular formula is C23H30N2O4S. The fourth-order valence-corrected chi connectivity index (χ4v) is 5.54. The highest BCUT2D eigenvalue weighted by atomic mass is 32.2. The first kappa shape index (κ1) is 22.2. The summed E-state index contributed by atoms with van der Waals surface area (Å²) in [6.07, 6.45) is 1.14. The predicted molar refractivity (Wildman–Crippen MR) is 118 cm³/mol. The van der Waals surface area contributed by atoms with Crippen LogP contribution in [0.15, 0.2) is 47.4 Å². The molecule has 0 aliphatic carbocycles. The second-order valence-corrected chi connectivity index (χ2v) is 9.86. The van der Waals surface area contributed by atoms with Crippen molar-refractivity contribution in [3.63, 3.8) is 0 Å². The highest BCUT2D eigenvalue weighted by Gasteiger charge is 2.29. The summed E-state index contributed by atoms with van der Waals surface area (Å²) in [5, 5.41) is 0. The molecule has 1 aliphatic heterocycles. The minimum atomic E-state index is -3.83. The molecule has 0 spiro atoms. The van der Waals surface area contributed by atoms with E-state index in [2.05, 4.69) is 6.92 Å². The highest BCUT2D eigenvalue weighted by Crippen LogP contribution is 2.28. The van der Waals surface area contributed by atoms with Crippen LogP contribution in [0.5, 0.6) is 5.75 Å². The molecule has 0 saturated carbocycles. The van der Waals surface area contributed by atoms with Crippen molar-refractivity contribution in [1.29, 1.82) is 0 Å². The average Bonchev–Trinajstić information content (AvgIpc) is 3.14. The van der Waals surface area contributed by atoms with Crippen molar-refractivity contribution in [2.45, 2.75) is 38.5 Å². The van der Waals surface area contributed by atoms with Crippen LogP contribution in [0.25, 0.3) is 0 Å². The number of nitrogens with zero attached hydrogens (tertiary/aromatic N) is 2. The first-order chi connectivity index (χ1) is 14.2. The van der Waals surface area contributed by atoms with Gasteiger partial charge in [0.2, 0.25) is 5.91 Å². The van der Waals surface area contributed by atoms with Gasteiger partial charge in [-0.15, -0.1) is 0 Å². The Morgan fingerprint density at radius 1 is 1.17 bits per heavy atom. The standard InChI is InChI=1S/C23H30N2O4S/c1-17-5-10-22(19(3)15-17)30(27,28)25(20-6-8-21(29-4)9-7-20)14-12-23(26)24-13-11-18(2)16-24/h5-10,15,18H,11-14,16H2,1-4H3. The second kappa shape index (κ2) is 9.08. The predicted octanol–water partition coefficient (Wildman–Crippen LogP) is 3.77. The second-order valence-electron chi connectivity index (χ2n) is 8.03. The third kappa shape index (κ3) is 4.78. The quantitative estimate of drug-likeness (QED) is 0.671. The van der Waals surface area contributed by atoms with Crippen LogP contribution in [-0.4, -0.2) is 46.0 Å². The summed E-state index contributed by atoms with van der Waals surface area (Å²) in [7, 11) is -2.26. The van der Waals surface area contributed by atoms with Crippen molar-refractivity contribution < 1.29 is 17.9 Å². The molecule has 0 bridgehead atoms. The summed E-state index contributed by atoms with van der Waals surface area (Å²) < 4.78 is 33.7. The Labute approximate surface area is 179 Å². The first-order valence-electron chi connectivity index (χ1n) is 10.2. The molecule has 1 heterocycles. The molecule has 2 aromatic carbocycles. The van der Waals surface area contributed by atoms with Gasteiger partial charge in [-0.1, -0.05) is 24.6 Å². The lowest BCUT2D eigenvalue weighted by molar-refractivity contribution is -0.130. The van der Waals surface area contributed by atoms with Gasteiger partial charge in [0, 0.05) is 26.1 Å². The number of sulfonamides is 1. The maximum Gasteiger partial charge on any atom is 0.264 e. The molecule has 3 rings (SSSR count). The van der Waals surface area contributed by atoms with Gasteiger partial charge in [0.05, 0.1) is 17.7 Å². The van der Waals surface area contributed by atoms with Gasteiger partial charge in [0.1, 0.15) is 5.75 Å². The van der Waals surface area contributed by atoms with Gasteiger partial charge in [-0.25, -0.2) is 8.42 Å². The molecule has 6 nitrogen and oxygen atoms in total. The van der Waals surface area contributed by atoms with Crippen LogP contribution in [0.3, 0.4) is 0 Å². The fraction of sp³-hybridized carbons (Fsp3) is 0.435. The summed E-state index contributed by atoms with van der Waals surface area (Å²) in [5.41, 5.74) is 2.20. The summed E-state index contributed by atoms with van der Waals surface area (Å²) in [6, 6.07) is 12.2. The van der Waals surface area contributed by atoms with Crippen LogP contribution in [0.2, 0.25) is 0 Å². The first-order valence-corrected chi connectivity index (χ1v) is 11.7. The van der Waals surface area contributed by atoms with Crippen molar-refractivity contribution in [2.24, 2.45) is 5.92 Å². The lowest BCUT2D eigenvalue weighted by atomic mass is 10.2. The number of rotatable bonds is 7. The van der Waals surface area contributed by atoms with E-state index in [9.17, 15) is 13.2 Å². The number of hydrogen-bond acceptors (Lipinski definition) is 4. The van der Waals surface area contributed by atoms with Crippen molar-refractivity contribution in [1.82, 2.24) is 4.90 Å². The number of benzene rings is 2. The van der Waals surface area contributed by atoms with Gasteiger partial charge in [-0.05, 0) is 62.1 Å². The number of ether oxygens (including phenoxy) is 1. The van der Waals surface area contributed by atoms with E-state index in [1.165, 1.54) is 4.31 Å². The largest absolute Gasteiger partial charge is 0.497 e. The molecule has 7 heteroatoms. The highest BCUT2D eigenvalue weighted by molar-refractivity contribution is 7.92. The third-order valence-corrected chi connectivity index (χ3v) is 7.55. The van der Waals surface area contributed by atoms with Crippen molar-refractivity contribution in [2.75, 3.05) is 31.0 Å². The molecule has 1 aliphatic rings. The molecule has 0 aromatic heterocycles. The van der Waals surface area contributed by atoms with Gasteiger partial charge >= 0.3 is 0 Å². The van der Waals surface area contributed by atoms with E-state index in [0.717, 1.165) is 25.1 Å². The van der Waals surface area contributed by atoms with Crippen LogP contribution in [0.4, 0.5) is 5.69 Å². The van der Waals surface area contributed by atoms with Crippen molar-refractivity contribution in [3.05, 3.63) is 53.6 Å². The average molecular weight is 431 g/mol. The zero-order chi connectivity index (χ0) is 21.9. The van der Waals surface area contributed by atoms with Crippen LogP contribution >= 0.6 is 0 Å². The molecule has 1 saturated heterocycles. The number of anilines is 1. The topological polar surface area (TPSA) is 66.9 Å². The van der Waals surface area contributed by atoms with Gasteiger partial charge in [-0.3, -0.25) is 9.10 Å². The minimum absolute atomic E-state index is 0.00584.